The third kappa shape index (κ3) is 0.815. The highest BCUT2D eigenvalue weighted by Crippen LogP contribution is 2.45. The summed E-state index contributed by atoms with van der Waals surface area (Å²) in [6.45, 7) is 0. The van der Waals surface area contributed by atoms with Crippen LogP contribution in [-0.2, 0) is 0 Å². The molecule has 0 bridgehead atoms. The first kappa shape index (κ1) is 8.12. The molecule has 0 aliphatic carbocycles. The Morgan fingerprint density at radius 1 is 0.583 bits per heavy atom. The van der Waals surface area contributed by atoms with Crippen molar-refractivity contribution in [2.45, 2.75) is 0 Å². The summed E-state index contributed by atoms with van der Waals surface area (Å²) in [5, 5.41) is 18.2. The summed E-state index contributed by atoms with van der Waals surface area (Å²) in [6, 6.07) is 0. The van der Waals surface area contributed by atoms with E-state index in [1.165, 1.54) is 0 Å². The molecule has 0 amide bonds. The lowest BCUT2D eigenvalue weighted by atomic mass is 10.1. The lowest BCUT2D eigenvalue weighted by Crippen LogP contribution is -2.04. The molecule has 1 rings (SSSR count). The van der Waals surface area contributed by atoms with Crippen LogP contribution in [0, 0.1) is 0 Å². The van der Waals surface area contributed by atoms with Gasteiger partial charge in [0.2, 0.25) is 0 Å². The molecule has 0 heterocycles. The molecule has 0 saturated carbocycles. The molecule has 0 unspecified atom stereocenters. The monoisotopic (exact) mass is 170 g/mol. The van der Waals surface area contributed by atoms with Crippen molar-refractivity contribution < 1.29 is 10.2 Å². The summed E-state index contributed by atoms with van der Waals surface area (Å²) in [5.41, 5.74) is 20.9. The predicted molar refractivity (Wildman–Crippen MR) is 47.4 cm³/mol. The number of rotatable bonds is 0. The summed E-state index contributed by atoms with van der Waals surface area (Å²) in [5.74, 6) is -1.08. The van der Waals surface area contributed by atoms with E-state index in [1.807, 2.05) is 0 Å². The van der Waals surface area contributed by atoms with Crippen molar-refractivity contribution in [2.24, 2.45) is 0 Å². The first-order valence-electron chi connectivity index (χ1n) is 3.10. The summed E-state index contributed by atoms with van der Waals surface area (Å²) < 4.78 is 0. The fourth-order valence-corrected chi connectivity index (χ4v) is 0.800. The van der Waals surface area contributed by atoms with Crippen molar-refractivity contribution in [3.63, 3.8) is 0 Å². The topological polar surface area (TPSA) is 145 Å². The Balaban J connectivity index is 3.60. The minimum absolute atomic E-state index is 0.0252. The van der Waals surface area contributed by atoms with Crippen molar-refractivity contribution in [3.8, 4) is 11.5 Å². The summed E-state index contributed by atoms with van der Waals surface area (Å²) in [7, 11) is 0. The SMILES string of the molecule is Nc1c(N)c(N)c(O)c(O)c1N. The largest absolute Gasteiger partial charge is 0.503 e. The van der Waals surface area contributed by atoms with Gasteiger partial charge in [0.1, 0.15) is 11.4 Å². The molecular weight excluding hydrogens is 160 g/mol. The number of nitrogen functional groups attached to an aromatic ring is 4. The Labute approximate surface area is 68.4 Å². The van der Waals surface area contributed by atoms with Crippen LogP contribution in [0.5, 0.6) is 11.5 Å². The first-order valence-corrected chi connectivity index (χ1v) is 3.10. The van der Waals surface area contributed by atoms with Crippen LogP contribution < -0.4 is 22.9 Å². The van der Waals surface area contributed by atoms with Crippen LogP contribution in [0.25, 0.3) is 0 Å². The number of hydrogen-bond donors (Lipinski definition) is 6. The van der Waals surface area contributed by atoms with Gasteiger partial charge in [-0.25, -0.2) is 0 Å². The maximum Gasteiger partial charge on any atom is 0.185 e. The Bertz CT molecular complexity index is 232. The van der Waals surface area contributed by atoms with Gasteiger partial charge >= 0.3 is 0 Å². The maximum absolute atomic E-state index is 9.10. The van der Waals surface area contributed by atoms with E-state index in [4.69, 9.17) is 33.1 Å². The van der Waals surface area contributed by atoms with E-state index in [1.54, 1.807) is 0 Å². The third-order valence-electron chi connectivity index (χ3n) is 1.61. The second kappa shape index (κ2) is 2.26. The molecule has 6 heteroatoms. The standard InChI is InChI=1S/C6H10N4O2/c7-1-2(8)4(10)6(12)5(11)3(1)9/h11-12H,7-10H2. The van der Waals surface area contributed by atoms with Crippen LogP contribution in [0.4, 0.5) is 22.7 Å². The van der Waals surface area contributed by atoms with E-state index in [2.05, 4.69) is 0 Å². The Hall–Kier alpha value is -1.98. The van der Waals surface area contributed by atoms with Gasteiger partial charge in [0, 0.05) is 0 Å². The van der Waals surface area contributed by atoms with Gasteiger partial charge in [-0.2, -0.15) is 0 Å². The van der Waals surface area contributed by atoms with Gasteiger partial charge in [0.05, 0.1) is 11.4 Å². The molecule has 66 valence electrons. The molecule has 1 aromatic carbocycles. The molecule has 0 aromatic heterocycles. The lowest BCUT2D eigenvalue weighted by Gasteiger charge is -2.11. The second-order valence-corrected chi connectivity index (χ2v) is 2.35. The van der Waals surface area contributed by atoms with Crippen LogP contribution >= 0.6 is 0 Å². The highest BCUT2D eigenvalue weighted by molar-refractivity contribution is 5.94. The fourth-order valence-electron chi connectivity index (χ4n) is 0.800. The number of phenolic OH excluding ortho intramolecular Hbond substituents is 2. The van der Waals surface area contributed by atoms with Gasteiger partial charge in [-0.05, 0) is 0 Å². The van der Waals surface area contributed by atoms with E-state index in [0.29, 0.717) is 0 Å². The molecule has 0 spiro atoms. The average molecular weight is 170 g/mol. The molecule has 0 atom stereocenters. The molecule has 1 aromatic rings. The van der Waals surface area contributed by atoms with E-state index in [0.717, 1.165) is 0 Å². The van der Waals surface area contributed by atoms with Crippen LogP contribution in [0.1, 0.15) is 0 Å². The zero-order valence-corrected chi connectivity index (χ0v) is 6.20. The average Bonchev–Trinajstić information content (AvgIpc) is 2.08. The molecule has 0 saturated heterocycles. The van der Waals surface area contributed by atoms with Crippen molar-refractivity contribution in [2.75, 3.05) is 22.9 Å². The molecule has 6 nitrogen and oxygen atoms in total. The number of benzene rings is 1. The number of phenols is 2. The van der Waals surface area contributed by atoms with E-state index in [9.17, 15) is 0 Å². The van der Waals surface area contributed by atoms with Crippen LogP contribution in [-0.4, -0.2) is 10.2 Å². The van der Waals surface area contributed by atoms with Gasteiger partial charge in [-0.3, -0.25) is 0 Å². The Morgan fingerprint density at radius 3 is 1.08 bits per heavy atom. The van der Waals surface area contributed by atoms with Crippen molar-refractivity contribution >= 4 is 22.7 Å². The molecule has 10 N–H and O–H groups in total. The van der Waals surface area contributed by atoms with E-state index >= 15 is 0 Å². The predicted octanol–water partition coefficient (Wildman–Crippen LogP) is -0.573. The maximum atomic E-state index is 9.10. The van der Waals surface area contributed by atoms with E-state index < -0.39 is 11.5 Å². The quantitative estimate of drug-likeness (QED) is 0.175. The van der Waals surface area contributed by atoms with Crippen molar-refractivity contribution in [1.82, 2.24) is 0 Å². The minimum Gasteiger partial charge on any atom is -0.503 e. The van der Waals surface area contributed by atoms with Gasteiger partial charge in [-0.15, -0.1) is 0 Å². The van der Waals surface area contributed by atoms with Crippen LogP contribution in [0.15, 0.2) is 0 Å². The Kier molecular flexibility index (Phi) is 1.53. The lowest BCUT2D eigenvalue weighted by molar-refractivity contribution is 0.408. The molecule has 0 aliphatic heterocycles. The van der Waals surface area contributed by atoms with Gasteiger partial charge in [-0.1, -0.05) is 0 Å². The molecular formula is C6H10N4O2. The minimum atomic E-state index is -0.542. The van der Waals surface area contributed by atoms with Gasteiger partial charge in [0.15, 0.2) is 11.5 Å². The number of nitrogens with two attached hydrogens (primary N) is 4. The van der Waals surface area contributed by atoms with Crippen molar-refractivity contribution in [1.29, 1.82) is 0 Å². The van der Waals surface area contributed by atoms with E-state index in [-0.39, 0.29) is 22.7 Å². The normalized spacial score (nSPS) is 10.0. The number of anilines is 4. The smallest absolute Gasteiger partial charge is 0.185 e. The summed E-state index contributed by atoms with van der Waals surface area (Å²) in [4.78, 5) is 0. The summed E-state index contributed by atoms with van der Waals surface area (Å²) >= 11 is 0. The summed E-state index contributed by atoms with van der Waals surface area (Å²) in [6.07, 6.45) is 0. The highest BCUT2D eigenvalue weighted by atomic mass is 16.3. The zero-order chi connectivity index (χ0) is 9.46. The third-order valence-corrected chi connectivity index (χ3v) is 1.61. The number of aromatic hydroxyl groups is 2. The van der Waals surface area contributed by atoms with Crippen LogP contribution in [0.3, 0.4) is 0 Å². The fraction of sp³-hybridized carbons (Fsp3) is 0. The molecule has 0 aliphatic rings. The van der Waals surface area contributed by atoms with Gasteiger partial charge < -0.3 is 33.1 Å². The molecule has 12 heavy (non-hydrogen) atoms. The van der Waals surface area contributed by atoms with Gasteiger partial charge in [0.25, 0.3) is 0 Å². The molecule has 0 fully saturated rings. The highest BCUT2D eigenvalue weighted by Gasteiger charge is 2.15. The first-order chi connectivity index (χ1) is 5.46. The second-order valence-electron chi connectivity index (χ2n) is 2.35. The number of hydrogen-bond acceptors (Lipinski definition) is 6. The van der Waals surface area contributed by atoms with Crippen molar-refractivity contribution in [3.05, 3.63) is 0 Å². The van der Waals surface area contributed by atoms with Crippen LogP contribution in [0.2, 0.25) is 0 Å². The zero-order valence-electron chi connectivity index (χ0n) is 6.20. The molecule has 0 radical (unpaired) electrons. The Morgan fingerprint density at radius 2 is 0.833 bits per heavy atom.